The van der Waals surface area contributed by atoms with Gasteiger partial charge in [0.05, 0.1) is 0 Å². The number of hydrogen-bond donors (Lipinski definition) is 0. The minimum Gasteiger partial charge on any atom is -0.484 e. The van der Waals surface area contributed by atoms with Crippen LogP contribution in [-0.4, -0.2) is 6.10 Å². The van der Waals surface area contributed by atoms with Crippen molar-refractivity contribution in [1.82, 2.24) is 0 Å². The highest BCUT2D eigenvalue weighted by atomic mass is 16.5. The van der Waals surface area contributed by atoms with Crippen molar-refractivity contribution in [3.63, 3.8) is 0 Å². The van der Waals surface area contributed by atoms with Gasteiger partial charge < -0.3 is 14.1 Å². The fraction of sp³-hybridized carbons (Fsp3) is 0.0741. The Kier molecular flexibility index (Phi) is 8.10. The van der Waals surface area contributed by atoms with Gasteiger partial charge in [0, 0.05) is 50.5 Å². The van der Waals surface area contributed by atoms with Crippen molar-refractivity contribution in [2.45, 2.75) is 24.9 Å². The van der Waals surface area contributed by atoms with Crippen molar-refractivity contribution in [3.8, 4) is 33.4 Å². The van der Waals surface area contributed by atoms with E-state index in [4.69, 9.17) is 9.15 Å². The second kappa shape index (κ2) is 13.9. The molecule has 57 heavy (non-hydrogen) atoms. The van der Waals surface area contributed by atoms with Gasteiger partial charge in [-0.25, -0.2) is 0 Å². The zero-order valence-corrected chi connectivity index (χ0v) is 31.4. The minimum absolute atomic E-state index is 0.0164. The number of hydrogen-bond acceptors (Lipinski definition) is 3. The number of rotatable bonds is 7. The van der Waals surface area contributed by atoms with Gasteiger partial charge in [0.15, 0.2) is 0 Å². The fourth-order valence-electron chi connectivity index (χ4n) is 8.88. The molecule has 0 bridgehead atoms. The number of para-hydroxylation sites is 2. The Bertz CT molecular complexity index is 2890. The summed E-state index contributed by atoms with van der Waals surface area (Å²) >= 11 is 0. The van der Waals surface area contributed by atoms with Crippen LogP contribution < -0.4 is 4.90 Å². The van der Waals surface area contributed by atoms with Gasteiger partial charge in [0.2, 0.25) is 0 Å². The van der Waals surface area contributed by atoms with Gasteiger partial charge in [-0.1, -0.05) is 152 Å². The molecule has 0 saturated heterocycles. The molecule has 0 radical (unpaired) electrons. The zero-order valence-electron chi connectivity index (χ0n) is 31.4. The molecule has 0 fully saturated rings. The molecule has 0 N–H and O–H groups in total. The number of anilines is 3. The van der Waals surface area contributed by atoms with Crippen LogP contribution in [0, 0.1) is 0 Å². The molecular formula is C54H39NO2. The van der Waals surface area contributed by atoms with E-state index in [2.05, 4.69) is 193 Å². The maximum absolute atomic E-state index is 6.58. The molecule has 8 aromatic rings. The number of ether oxygens (including phenoxy) is 1. The number of allylic oxidation sites excluding steroid dienone is 4. The summed E-state index contributed by atoms with van der Waals surface area (Å²) in [5.74, 6) is 1.20. The summed E-state index contributed by atoms with van der Waals surface area (Å²) in [6.45, 7) is 0. The Morgan fingerprint density at radius 2 is 1.12 bits per heavy atom. The SMILES string of the molecule is C1=CC(c2ccc(N(c3ccc(-c4ccc(-c5ccccc5)cc4)cc3)c3ccc(-c4cccc5c4oc4ccccc45)cc3)cc2)C2OC3=C(CCC=C3)C2=C1. The summed E-state index contributed by atoms with van der Waals surface area (Å²) in [5, 5.41) is 2.27. The van der Waals surface area contributed by atoms with Crippen LogP contribution in [0.5, 0.6) is 0 Å². The highest BCUT2D eigenvalue weighted by molar-refractivity contribution is 6.09. The molecule has 2 unspecified atom stereocenters. The van der Waals surface area contributed by atoms with Crippen LogP contribution in [-0.2, 0) is 4.74 Å². The maximum atomic E-state index is 6.58. The van der Waals surface area contributed by atoms with Gasteiger partial charge >= 0.3 is 0 Å². The van der Waals surface area contributed by atoms with Crippen LogP contribution in [0.2, 0.25) is 0 Å². The van der Waals surface area contributed by atoms with Gasteiger partial charge in [-0.05, 0) is 94.8 Å². The third kappa shape index (κ3) is 5.91. The first-order valence-corrected chi connectivity index (χ1v) is 19.9. The Morgan fingerprint density at radius 3 is 1.84 bits per heavy atom. The van der Waals surface area contributed by atoms with E-state index in [-0.39, 0.29) is 12.0 Å². The van der Waals surface area contributed by atoms with Crippen LogP contribution in [0.25, 0.3) is 55.3 Å². The molecule has 2 atom stereocenters. The Hall–Kier alpha value is -7.10. The molecule has 3 nitrogen and oxygen atoms in total. The van der Waals surface area contributed by atoms with E-state index in [0.717, 1.165) is 68.7 Å². The molecule has 272 valence electrons. The molecule has 11 rings (SSSR count). The maximum Gasteiger partial charge on any atom is 0.143 e. The average Bonchev–Trinajstić information content (AvgIpc) is 3.87. The first-order chi connectivity index (χ1) is 28.2. The van der Waals surface area contributed by atoms with Crippen LogP contribution >= 0.6 is 0 Å². The van der Waals surface area contributed by atoms with E-state index in [9.17, 15) is 0 Å². The molecule has 1 aromatic heterocycles. The standard InChI is InChI=1S/C54H39NO2/c1-2-10-36(11-3-1)37-20-22-38(23-21-37)39-24-30-42(31-25-39)55(43-32-26-40(27-33-43)45-14-8-16-49-47-12-4-6-18-51(47)56-53(45)49)44-34-28-41(29-35-44)46-15-9-17-50-48-13-5-7-19-52(48)57-54(46)50/h1-4,6-12,14-35,46,54H,5,13H2. The molecule has 3 heteroatoms. The largest absolute Gasteiger partial charge is 0.484 e. The van der Waals surface area contributed by atoms with Crippen molar-refractivity contribution in [3.05, 3.63) is 223 Å². The fourth-order valence-corrected chi connectivity index (χ4v) is 8.88. The second-order valence-electron chi connectivity index (χ2n) is 15.1. The summed E-state index contributed by atoms with van der Waals surface area (Å²) in [4.78, 5) is 2.34. The predicted molar refractivity (Wildman–Crippen MR) is 235 cm³/mol. The van der Waals surface area contributed by atoms with Crippen molar-refractivity contribution in [2.24, 2.45) is 0 Å². The lowest BCUT2D eigenvalue weighted by Gasteiger charge is -2.28. The van der Waals surface area contributed by atoms with Crippen LogP contribution in [0.4, 0.5) is 17.1 Å². The summed E-state index contributed by atoms with van der Waals surface area (Å²) in [6, 6.07) is 60.9. The van der Waals surface area contributed by atoms with Crippen LogP contribution in [0.1, 0.15) is 24.3 Å². The number of fused-ring (bicyclic) bond motifs is 5. The number of furan rings is 1. The van der Waals surface area contributed by atoms with Crippen molar-refractivity contribution >= 4 is 39.0 Å². The molecule has 0 spiro atoms. The lowest BCUT2D eigenvalue weighted by atomic mass is 9.82. The molecular weight excluding hydrogens is 695 g/mol. The third-order valence-corrected chi connectivity index (χ3v) is 11.8. The molecule has 0 saturated carbocycles. The summed E-state index contributed by atoms with van der Waals surface area (Å²) in [7, 11) is 0. The van der Waals surface area contributed by atoms with E-state index in [1.54, 1.807) is 0 Å². The molecule has 7 aromatic carbocycles. The van der Waals surface area contributed by atoms with Crippen molar-refractivity contribution in [2.75, 3.05) is 4.90 Å². The molecule has 3 aliphatic rings. The smallest absolute Gasteiger partial charge is 0.143 e. The van der Waals surface area contributed by atoms with Gasteiger partial charge in [0.1, 0.15) is 23.0 Å². The second-order valence-corrected chi connectivity index (χ2v) is 15.1. The lowest BCUT2D eigenvalue weighted by Crippen LogP contribution is -2.21. The van der Waals surface area contributed by atoms with Gasteiger partial charge in [-0.15, -0.1) is 0 Å². The zero-order chi connectivity index (χ0) is 37.7. The van der Waals surface area contributed by atoms with Crippen LogP contribution in [0.3, 0.4) is 0 Å². The van der Waals surface area contributed by atoms with E-state index >= 15 is 0 Å². The molecule has 2 heterocycles. The molecule has 0 amide bonds. The predicted octanol–water partition coefficient (Wildman–Crippen LogP) is 14.6. The number of benzene rings is 7. The van der Waals surface area contributed by atoms with E-state index < -0.39 is 0 Å². The third-order valence-electron chi connectivity index (χ3n) is 11.8. The van der Waals surface area contributed by atoms with Crippen molar-refractivity contribution in [1.29, 1.82) is 0 Å². The summed E-state index contributed by atoms with van der Waals surface area (Å²) < 4.78 is 13.0. The topological polar surface area (TPSA) is 25.6 Å². The highest BCUT2D eigenvalue weighted by Crippen LogP contribution is 2.46. The van der Waals surface area contributed by atoms with E-state index in [1.165, 1.54) is 39.0 Å². The first kappa shape index (κ1) is 33.3. The summed E-state index contributed by atoms with van der Waals surface area (Å²) in [5.41, 5.74) is 16.0. The first-order valence-electron chi connectivity index (χ1n) is 19.9. The Labute approximate surface area is 332 Å². The minimum atomic E-state index is 0.0164. The molecule has 1 aliphatic heterocycles. The van der Waals surface area contributed by atoms with Gasteiger partial charge in [-0.3, -0.25) is 0 Å². The molecule has 2 aliphatic carbocycles. The van der Waals surface area contributed by atoms with E-state index in [0.29, 0.717) is 0 Å². The van der Waals surface area contributed by atoms with Crippen LogP contribution in [0.15, 0.2) is 222 Å². The average molecular weight is 734 g/mol. The monoisotopic (exact) mass is 733 g/mol. The van der Waals surface area contributed by atoms with E-state index in [1.807, 2.05) is 12.1 Å². The lowest BCUT2D eigenvalue weighted by molar-refractivity contribution is 0.162. The van der Waals surface area contributed by atoms with Crippen molar-refractivity contribution < 1.29 is 9.15 Å². The Morgan fingerprint density at radius 1 is 0.526 bits per heavy atom. The highest BCUT2D eigenvalue weighted by Gasteiger charge is 2.37. The van der Waals surface area contributed by atoms with Gasteiger partial charge in [-0.2, -0.15) is 0 Å². The van der Waals surface area contributed by atoms with Gasteiger partial charge in [0.25, 0.3) is 0 Å². The summed E-state index contributed by atoms with van der Waals surface area (Å²) in [6.07, 6.45) is 13.3. The number of nitrogens with zero attached hydrogens (tertiary/aromatic N) is 1. The Balaban J connectivity index is 0.936. The quantitative estimate of drug-likeness (QED) is 0.163. The normalized spacial score (nSPS) is 17.0.